The van der Waals surface area contributed by atoms with Crippen LogP contribution in [0.3, 0.4) is 0 Å². The molecule has 1 fully saturated rings. The van der Waals surface area contributed by atoms with Crippen molar-refractivity contribution in [3.8, 4) is 0 Å². The quantitative estimate of drug-likeness (QED) is 0.611. The fraction of sp³-hybridized carbons (Fsp3) is 1.00. The van der Waals surface area contributed by atoms with Gasteiger partial charge < -0.3 is 10.1 Å². The second kappa shape index (κ2) is 5.56. The van der Waals surface area contributed by atoms with Crippen LogP contribution in [0.2, 0.25) is 0 Å². The molecular weight excluding hydrogens is 138 g/mol. The predicted molar refractivity (Wildman–Crippen MR) is 46.8 cm³/mol. The lowest BCUT2D eigenvalue weighted by atomic mass is 10.2. The highest BCUT2D eigenvalue weighted by molar-refractivity contribution is 4.72. The van der Waals surface area contributed by atoms with Gasteiger partial charge in [-0.05, 0) is 25.8 Å². The van der Waals surface area contributed by atoms with E-state index in [9.17, 15) is 0 Å². The minimum atomic E-state index is 0.645. The summed E-state index contributed by atoms with van der Waals surface area (Å²) in [6, 6.07) is 0.645. The number of nitrogens with one attached hydrogen (secondary N) is 1. The first-order chi connectivity index (χ1) is 5.43. The number of hydrogen-bond donors (Lipinski definition) is 1. The average molecular weight is 157 g/mol. The zero-order chi connectivity index (χ0) is 7.94. The smallest absolute Gasteiger partial charge is 0.0619 e. The summed E-state index contributed by atoms with van der Waals surface area (Å²) in [4.78, 5) is 0. The molecule has 0 aromatic carbocycles. The lowest BCUT2D eigenvalue weighted by Gasteiger charge is -2.09. The van der Waals surface area contributed by atoms with Gasteiger partial charge in [-0.15, -0.1) is 0 Å². The Balaban J connectivity index is 1.86. The molecule has 1 atom stereocenters. The third-order valence-corrected chi connectivity index (χ3v) is 2.12. The van der Waals surface area contributed by atoms with E-state index in [2.05, 4.69) is 12.2 Å². The summed E-state index contributed by atoms with van der Waals surface area (Å²) < 4.78 is 5.50. The fourth-order valence-electron chi connectivity index (χ4n) is 1.37. The van der Waals surface area contributed by atoms with Crippen molar-refractivity contribution in [2.45, 2.75) is 38.6 Å². The van der Waals surface area contributed by atoms with Gasteiger partial charge in [-0.1, -0.05) is 13.3 Å². The number of unbranched alkanes of at least 4 members (excludes halogenated alkanes) is 1. The topological polar surface area (TPSA) is 21.3 Å². The average Bonchev–Trinajstić information content (AvgIpc) is 2.50. The first-order valence-electron chi connectivity index (χ1n) is 4.74. The van der Waals surface area contributed by atoms with Crippen molar-refractivity contribution < 1.29 is 4.74 Å². The van der Waals surface area contributed by atoms with Crippen LogP contribution >= 0.6 is 0 Å². The molecule has 1 rings (SSSR count). The lowest BCUT2D eigenvalue weighted by molar-refractivity contribution is 0.113. The summed E-state index contributed by atoms with van der Waals surface area (Å²) in [5, 5.41) is 3.41. The second-order valence-electron chi connectivity index (χ2n) is 3.22. The predicted octanol–water partition coefficient (Wildman–Crippen LogP) is 1.56. The lowest BCUT2D eigenvalue weighted by Crippen LogP contribution is -2.26. The molecule has 1 aliphatic heterocycles. The molecule has 1 aliphatic rings. The molecule has 0 spiro atoms. The first kappa shape index (κ1) is 9.01. The van der Waals surface area contributed by atoms with Gasteiger partial charge in [0.2, 0.25) is 0 Å². The molecule has 1 N–H and O–H groups in total. The molecule has 0 aromatic heterocycles. The van der Waals surface area contributed by atoms with Gasteiger partial charge in [0.05, 0.1) is 6.61 Å². The van der Waals surface area contributed by atoms with Crippen molar-refractivity contribution in [1.29, 1.82) is 0 Å². The van der Waals surface area contributed by atoms with Crippen molar-refractivity contribution >= 4 is 0 Å². The van der Waals surface area contributed by atoms with Gasteiger partial charge in [-0.2, -0.15) is 0 Å². The normalized spacial score (nSPS) is 24.3. The highest BCUT2D eigenvalue weighted by Crippen LogP contribution is 2.04. The van der Waals surface area contributed by atoms with Crippen LogP contribution in [0.4, 0.5) is 0 Å². The van der Waals surface area contributed by atoms with Gasteiger partial charge in [-0.25, -0.2) is 0 Å². The second-order valence-corrected chi connectivity index (χ2v) is 3.22. The summed E-state index contributed by atoms with van der Waals surface area (Å²) in [5.41, 5.74) is 0. The molecule has 0 bridgehead atoms. The van der Waals surface area contributed by atoms with E-state index in [1.54, 1.807) is 0 Å². The van der Waals surface area contributed by atoms with E-state index >= 15 is 0 Å². The van der Waals surface area contributed by atoms with E-state index in [1.165, 1.54) is 32.2 Å². The van der Waals surface area contributed by atoms with E-state index in [-0.39, 0.29) is 0 Å². The summed E-state index contributed by atoms with van der Waals surface area (Å²) in [5.74, 6) is 0. The minimum Gasteiger partial charge on any atom is -0.380 e. The van der Waals surface area contributed by atoms with Gasteiger partial charge in [0, 0.05) is 12.6 Å². The van der Waals surface area contributed by atoms with Crippen molar-refractivity contribution in [3.05, 3.63) is 0 Å². The van der Waals surface area contributed by atoms with Gasteiger partial charge in [0.15, 0.2) is 0 Å². The Bertz CT molecular complexity index is 89.6. The van der Waals surface area contributed by atoms with Crippen molar-refractivity contribution in [2.75, 3.05) is 19.8 Å². The van der Waals surface area contributed by atoms with E-state index in [1.807, 2.05) is 0 Å². The molecule has 0 radical (unpaired) electrons. The minimum absolute atomic E-state index is 0.645. The Morgan fingerprint density at radius 2 is 2.45 bits per heavy atom. The Hall–Kier alpha value is -0.0800. The Kier molecular flexibility index (Phi) is 4.55. The number of hydrogen-bond acceptors (Lipinski definition) is 2. The molecule has 0 amide bonds. The molecule has 2 nitrogen and oxygen atoms in total. The first-order valence-corrected chi connectivity index (χ1v) is 4.74. The van der Waals surface area contributed by atoms with Crippen LogP contribution in [-0.2, 0) is 4.74 Å². The number of ether oxygens (including phenoxy) is 1. The highest BCUT2D eigenvalue weighted by Gasteiger charge is 2.12. The standard InChI is InChI=1S/C9H19NO/c1-2-3-7-11-8-9-5-4-6-10-9/h9-10H,2-8H2,1H3. The molecule has 2 heteroatoms. The number of rotatable bonds is 5. The van der Waals surface area contributed by atoms with E-state index in [4.69, 9.17) is 4.74 Å². The summed E-state index contributed by atoms with van der Waals surface area (Å²) in [6.45, 7) is 5.23. The van der Waals surface area contributed by atoms with Crippen molar-refractivity contribution in [1.82, 2.24) is 5.32 Å². The van der Waals surface area contributed by atoms with Crippen LogP contribution in [0, 0.1) is 0 Å². The van der Waals surface area contributed by atoms with Crippen molar-refractivity contribution in [2.24, 2.45) is 0 Å². The zero-order valence-corrected chi connectivity index (χ0v) is 7.44. The van der Waals surface area contributed by atoms with E-state index < -0.39 is 0 Å². The van der Waals surface area contributed by atoms with Crippen LogP contribution in [-0.4, -0.2) is 25.8 Å². The van der Waals surface area contributed by atoms with Gasteiger partial charge >= 0.3 is 0 Å². The van der Waals surface area contributed by atoms with Crippen LogP contribution in [0.5, 0.6) is 0 Å². The molecule has 0 saturated carbocycles. The van der Waals surface area contributed by atoms with E-state index in [0.717, 1.165) is 13.2 Å². The largest absolute Gasteiger partial charge is 0.380 e. The molecule has 11 heavy (non-hydrogen) atoms. The maximum Gasteiger partial charge on any atom is 0.0619 e. The van der Waals surface area contributed by atoms with Crippen LogP contribution < -0.4 is 5.32 Å². The SMILES string of the molecule is CCCCOCC1CCCN1. The molecular formula is C9H19NO. The Labute approximate surface area is 69.3 Å². The molecule has 1 unspecified atom stereocenters. The van der Waals surface area contributed by atoms with Crippen LogP contribution in [0.25, 0.3) is 0 Å². The molecule has 1 saturated heterocycles. The Morgan fingerprint density at radius 3 is 3.09 bits per heavy atom. The van der Waals surface area contributed by atoms with Gasteiger partial charge in [-0.3, -0.25) is 0 Å². The molecule has 66 valence electrons. The summed E-state index contributed by atoms with van der Waals surface area (Å²) >= 11 is 0. The van der Waals surface area contributed by atoms with E-state index in [0.29, 0.717) is 6.04 Å². The third-order valence-electron chi connectivity index (χ3n) is 2.12. The molecule has 0 aliphatic carbocycles. The van der Waals surface area contributed by atoms with Gasteiger partial charge in [0.25, 0.3) is 0 Å². The molecule has 0 aromatic rings. The fourth-order valence-corrected chi connectivity index (χ4v) is 1.37. The van der Waals surface area contributed by atoms with Crippen LogP contribution in [0.1, 0.15) is 32.6 Å². The maximum atomic E-state index is 5.50. The summed E-state index contributed by atoms with van der Waals surface area (Å²) in [6.07, 6.45) is 5.05. The molecule has 1 heterocycles. The monoisotopic (exact) mass is 157 g/mol. The third kappa shape index (κ3) is 3.73. The van der Waals surface area contributed by atoms with Crippen LogP contribution in [0.15, 0.2) is 0 Å². The van der Waals surface area contributed by atoms with Crippen molar-refractivity contribution in [3.63, 3.8) is 0 Å². The highest BCUT2D eigenvalue weighted by atomic mass is 16.5. The maximum absolute atomic E-state index is 5.50. The Morgan fingerprint density at radius 1 is 1.55 bits per heavy atom. The zero-order valence-electron chi connectivity index (χ0n) is 7.44. The van der Waals surface area contributed by atoms with Gasteiger partial charge in [0.1, 0.15) is 0 Å². The summed E-state index contributed by atoms with van der Waals surface area (Å²) in [7, 11) is 0.